The first kappa shape index (κ1) is 14.1. The summed E-state index contributed by atoms with van der Waals surface area (Å²) in [5, 5.41) is 3.22. The molecule has 1 fully saturated rings. The molecule has 1 aromatic rings. The molecule has 1 aliphatic heterocycles. The Morgan fingerprint density at radius 1 is 1.32 bits per heavy atom. The van der Waals surface area contributed by atoms with Gasteiger partial charge in [0.05, 0.1) is 0 Å². The number of carbonyl (C=O) groups excluding carboxylic acids is 1. The third-order valence-electron chi connectivity index (χ3n) is 4.23. The average molecular weight is 259 g/mol. The summed E-state index contributed by atoms with van der Waals surface area (Å²) in [5.74, 6) is 0.811. The van der Waals surface area contributed by atoms with Gasteiger partial charge in [-0.3, -0.25) is 4.79 Å². The predicted molar refractivity (Wildman–Crippen MR) is 79.0 cm³/mol. The highest BCUT2D eigenvalue weighted by Gasteiger charge is 2.47. The van der Waals surface area contributed by atoms with E-state index in [9.17, 15) is 4.79 Å². The van der Waals surface area contributed by atoms with Crippen LogP contribution in [0.4, 0.5) is 0 Å². The first-order valence-corrected chi connectivity index (χ1v) is 7.43. The van der Waals surface area contributed by atoms with Crippen LogP contribution in [-0.4, -0.2) is 11.9 Å². The summed E-state index contributed by atoms with van der Waals surface area (Å²) in [4.78, 5) is 12.0. The number of rotatable bonds is 5. The largest absolute Gasteiger partial charge is 0.352 e. The lowest BCUT2D eigenvalue weighted by Crippen LogP contribution is -2.41. The zero-order chi connectivity index (χ0) is 13.9. The molecule has 19 heavy (non-hydrogen) atoms. The smallest absolute Gasteiger partial charge is 0.221 e. The molecule has 2 atom stereocenters. The molecule has 0 radical (unpaired) electrons. The molecule has 1 amide bonds. The molecule has 1 saturated heterocycles. The Kier molecular flexibility index (Phi) is 4.28. The second-order valence-corrected chi connectivity index (χ2v) is 6.20. The molecule has 2 nitrogen and oxygen atoms in total. The van der Waals surface area contributed by atoms with Crippen LogP contribution in [0, 0.1) is 5.92 Å². The zero-order valence-corrected chi connectivity index (χ0v) is 12.3. The normalized spacial score (nSPS) is 26.7. The summed E-state index contributed by atoms with van der Waals surface area (Å²) < 4.78 is 0. The van der Waals surface area contributed by atoms with Gasteiger partial charge >= 0.3 is 0 Å². The van der Waals surface area contributed by atoms with Crippen molar-refractivity contribution in [2.24, 2.45) is 5.92 Å². The molecule has 2 rings (SSSR count). The molecule has 2 unspecified atom stereocenters. The van der Waals surface area contributed by atoms with Gasteiger partial charge in [-0.05, 0) is 24.3 Å². The molecule has 1 aliphatic rings. The van der Waals surface area contributed by atoms with E-state index < -0.39 is 0 Å². The summed E-state index contributed by atoms with van der Waals surface area (Å²) >= 11 is 0. The van der Waals surface area contributed by atoms with Gasteiger partial charge in [-0.25, -0.2) is 0 Å². The summed E-state index contributed by atoms with van der Waals surface area (Å²) in [6.45, 7) is 6.66. The van der Waals surface area contributed by atoms with Gasteiger partial charge in [0, 0.05) is 17.9 Å². The van der Waals surface area contributed by atoms with Gasteiger partial charge in [0.2, 0.25) is 5.91 Å². The number of hydrogen-bond acceptors (Lipinski definition) is 1. The van der Waals surface area contributed by atoms with Crippen LogP contribution in [0.5, 0.6) is 0 Å². The Hall–Kier alpha value is -1.31. The SMILES string of the molecule is CCCC1(c2ccccc2)CC(=O)NC1CC(C)C. The molecule has 1 heterocycles. The fourth-order valence-corrected chi connectivity index (χ4v) is 3.48. The van der Waals surface area contributed by atoms with Gasteiger partial charge in [0.15, 0.2) is 0 Å². The van der Waals surface area contributed by atoms with E-state index in [1.807, 2.05) is 6.07 Å². The lowest BCUT2D eigenvalue weighted by atomic mass is 9.69. The van der Waals surface area contributed by atoms with Crippen molar-refractivity contribution in [1.82, 2.24) is 5.32 Å². The Bertz CT molecular complexity index is 426. The Labute approximate surface area is 116 Å². The van der Waals surface area contributed by atoms with E-state index in [0.717, 1.165) is 19.3 Å². The van der Waals surface area contributed by atoms with Crippen molar-refractivity contribution in [3.8, 4) is 0 Å². The number of carbonyl (C=O) groups is 1. The Morgan fingerprint density at radius 3 is 2.58 bits per heavy atom. The second kappa shape index (κ2) is 5.77. The Balaban J connectivity index is 2.38. The standard InChI is InChI=1S/C17H25NO/c1-4-10-17(14-8-6-5-7-9-14)12-16(19)18-15(17)11-13(2)3/h5-9,13,15H,4,10-12H2,1-3H3,(H,18,19). The zero-order valence-electron chi connectivity index (χ0n) is 12.3. The van der Waals surface area contributed by atoms with E-state index in [1.54, 1.807) is 0 Å². The highest BCUT2D eigenvalue weighted by atomic mass is 16.2. The minimum absolute atomic E-state index is 0.00262. The van der Waals surface area contributed by atoms with E-state index in [4.69, 9.17) is 0 Å². The maximum atomic E-state index is 12.0. The minimum atomic E-state index is -0.00262. The van der Waals surface area contributed by atoms with Crippen LogP contribution < -0.4 is 5.32 Å². The summed E-state index contributed by atoms with van der Waals surface area (Å²) in [6.07, 6.45) is 3.88. The number of hydrogen-bond donors (Lipinski definition) is 1. The van der Waals surface area contributed by atoms with Gasteiger partial charge in [-0.15, -0.1) is 0 Å². The quantitative estimate of drug-likeness (QED) is 0.859. The van der Waals surface area contributed by atoms with Crippen LogP contribution in [0.3, 0.4) is 0 Å². The van der Waals surface area contributed by atoms with Crippen LogP contribution in [0.25, 0.3) is 0 Å². The molecule has 0 aliphatic carbocycles. The third-order valence-corrected chi connectivity index (χ3v) is 4.23. The third kappa shape index (κ3) is 2.83. The van der Waals surface area contributed by atoms with Crippen LogP contribution >= 0.6 is 0 Å². The van der Waals surface area contributed by atoms with Crippen molar-refractivity contribution in [3.05, 3.63) is 35.9 Å². The van der Waals surface area contributed by atoms with E-state index in [2.05, 4.69) is 50.4 Å². The first-order chi connectivity index (χ1) is 9.08. The van der Waals surface area contributed by atoms with E-state index in [1.165, 1.54) is 5.56 Å². The summed E-state index contributed by atoms with van der Waals surface area (Å²) in [5.41, 5.74) is 1.32. The maximum absolute atomic E-state index is 12.0. The molecule has 0 saturated carbocycles. The molecular formula is C17H25NO. The molecule has 104 valence electrons. The topological polar surface area (TPSA) is 29.1 Å². The monoisotopic (exact) mass is 259 g/mol. The second-order valence-electron chi connectivity index (χ2n) is 6.20. The average Bonchev–Trinajstić information content (AvgIpc) is 2.67. The van der Waals surface area contributed by atoms with Crippen molar-refractivity contribution >= 4 is 5.91 Å². The summed E-state index contributed by atoms with van der Waals surface area (Å²) in [7, 11) is 0. The van der Waals surface area contributed by atoms with Crippen LogP contribution in [0.1, 0.15) is 52.0 Å². The highest BCUT2D eigenvalue weighted by molar-refractivity contribution is 5.81. The molecule has 1 N–H and O–H groups in total. The van der Waals surface area contributed by atoms with E-state index >= 15 is 0 Å². The number of nitrogens with one attached hydrogen (secondary N) is 1. The van der Waals surface area contributed by atoms with Gasteiger partial charge in [0.25, 0.3) is 0 Å². The number of amides is 1. The number of benzene rings is 1. The fraction of sp³-hybridized carbons (Fsp3) is 0.588. The van der Waals surface area contributed by atoms with E-state index in [0.29, 0.717) is 12.3 Å². The van der Waals surface area contributed by atoms with Crippen LogP contribution in [0.15, 0.2) is 30.3 Å². The molecular weight excluding hydrogens is 234 g/mol. The molecule has 0 spiro atoms. The Morgan fingerprint density at radius 2 is 2.00 bits per heavy atom. The molecule has 0 bridgehead atoms. The first-order valence-electron chi connectivity index (χ1n) is 7.43. The minimum Gasteiger partial charge on any atom is -0.352 e. The van der Waals surface area contributed by atoms with Gasteiger partial charge in [-0.2, -0.15) is 0 Å². The van der Waals surface area contributed by atoms with Crippen molar-refractivity contribution < 1.29 is 4.79 Å². The van der Waals surface area contributed by atoms with Crippen molar-refractivity contribution in [2.75, 3.05) is 0 Å². The predicted octanol–water partition coefficient (Wildman–Crippen LogP) is 3.66. The van der Waals surface area contributed by atoms with Gasteiger partial charge in [0.1, 0.15) is 0 Å². The molecule has 1 aromatic carbocycles. The van der Waals surface area contributed by atoms with Gasteiger partial charge < -0.3 is 5.32 Å². The van der Waals surface area contributed by atoms with Crippen molar-refractivity contribution in [3.63, 3.8) is 0 Å². The highest BCUT2D eigenvalue weighted by Crippen LogP contribution is 2.42. The maximum Gasteiger partial charge on any atom is 0.221 e. The molecule has 2 heteroatoms. The van der Waals surface area contributed by atoms with Crippen LogP contribution in [0.2, 0.25) is 0 Å². The summed E-state index contributed by atoms with van der Waals surface area (Å²) in [6, 6.07) is 10.9. The molecule has 0 aromatic heterocycles. The van der Waals surface area contributed by atoms with Gasteiger partial charge in [-0.1, -0.05) is 57.5 Å². The van der Waals surface area contributed by atoms with Crippen molar-refractivity contribution in [2.45, 2.75) is 57.9 Å². The fourth-order valence-electron chi connectivity index (χ4n) is 3.48. The van der Waals surface area contributed by atoms with Crippen LogP contribution in [-0.2, 0) is 10.2 Å². The lowest BCUT2D eigenvalue weighted by molar-refractivity contribution is -0.119. The van der Waals surface area contributed by atoms with Crippen molar-refractivity contribution in [1.29, 1.82) is 0 Å². The van der Waals surface area contributed by atoms with E-state index in [-0.39, 0.29) is 17.4 Å². The lowest BCUT2D eigenvalue weighted by Gasteiger charge is -2.35.